The van der Waals surface area contributed by atoms with Gasteiger partial charge in [-0.25, -0.2) is 0 Å². The summed E-state index contributed by atoms with van der Waals surface area (Å²) in [6.45, 7) is 28.4. The van der Waals surface area contributed by atoms with Crippen LogP contribution in [0.4, 0.5) is 0 Å². The van der Waals surface area contributed by atoms with Crippen molar-refractivity contribution in [1.29, 1.82) is 0 Å². The number of piperidine rings is 2. The van der Waals surface area contributed by atoms with Gasteiger partial charge >= 0.3 is 0 Å². The standard InChI is InChI=1S/C19H30N2O3.C18H29N3O3.C15H30N4O/c1-16-3-5-18(6-4-16)24-14-13-23-12-11-21-9-7-17(8-10-21)15-19(22)20-2;1-16-3-5-17(6-4-16)24-14-13-23-12-11-20-7-9-21(10-8-20)15-18(22)19-2;1-14-3-5-17(6-4-14)7-8-18-9-11-19(12-10-18)13-15(20)16-2/h3-6,17H,7-15H2,1-2H3,(H,20,22);3-6H,7-15H2,1-2H3,(H,19,22);14H,3-13H2,1-2H3,(H,16,20). The van der Waals surface area contributed by atoms with Gasteiger partial charge in [-0.15, -0.1) is 0 Å². The van der Waals surface area contributed by atoms with Gasteiger partial charge < -0.3 is 44.7 Å². The summed E-state index contributed by atoms with van der Waals surface area (Å²) in [4.78, 5) is 48.5. The number of carbonyl (C=O) groups excluding carboxylic acids is 3. The van der Waals surface area contributed by atoms with E-state index in [4.69, 9.17) is 18.9 Å². The average Bonchev–Trinajstić information content (AvgIpc) is 3.36. The first kappa shape index (κ1) is 56.7. The van der Waals surface area contributed by atoms with Gasteiger partial charge in [0.1, 0.15) is 24.7 Å². The fourth-order valence-corrected chi connectivity index (χ4v) is 8.55. The molecule has 16 heteroatoms. The predicted molar refractivity (Wildman–Crippen MR) is 272 cm³/mol. The Morgan fingerprint density at radius 2 is 0.809 bits per heavy atom. The van der Waals surface area contributed by atoms with Crippen LogP contribution in [0, 0.1) is 25.7 Å². The number of ether oxygens (including phenoxy) is 4. The minimum absolute atomic E-state index is 0.0837. The van der Waals surface area contributed by atoms with Crippen LogP contribution in [-0.2, 0) is 23.9 Å². The topological polar surface area (TPSA) is 144 Å². The summed E-state index contributed by atoms with van der Waals surface area (Å²) in [7, 11) is 5.09. The molecule has 0 atom stereocenters. The molecule has 4 saturated heterocycles. The minimum atomic E-state index is 0.0837. The van der Waals surface area contributed by atoms with Crippen molar-refractivity contribution >= 4 is 17.7 Å². The highest BCUT2D eigenvalue weighted by molar-refractivity contribution is 5.78. The van der Waals surface area contributed by atoms with Crippen molar-refractivity contribution in [1.82, 2.24) is 45.3 Å². The lowest BCUT2D eigenvalue weighted by atomic mass is 9.93. The van der Waals surface area contributed by atoms with E-state index in [9.17, 15) is 14.4 Å². The molecule has 0 saturated carbocycles. The fourth-order valence-electron chi connectivity index (χ4n) is 8.55. The quantitative estimate of drug-likeness (QED) is 0.141. The highest BCUT2D eigenvalue weighted by Gasteiger charge is 2.23. The first-order valence-corrected chi connectivity index (χ1v) is 25.5. The number of piperazine rings is 2. The molecule has 384 valence electrons. The highest BCUT2D eigenvalue weighted by atomic mass is 16.5. The molecule has 0 radical (unpaired) electrons. The number of rotatable bonds is 23. The lowest BCUT2D eigenvalue weighted by molar-refractivity contribution is -0.123. The monoisotopic (exact) mass is 952 g/mol. The molecule has 3 N–H and O–H groups in total. The van der Waals surface area contributed by atoms with E-state index in [1.54, 1.807) is 21.1 Å². The molecule has 0 spiro atoms. The second-order valence-corrected chi connectivity index (χ2v) is 18.8. The van der Waals surface area contributed by atoms with Crippen molar-refractivity contribution < 1.29 is 33.3 Å². The Morgan fingerprint density at radius 1 is 0.456 bits per heavy atom. The van der Waals surface area contributed by atoms with Gasteiger partial charge in [0.15, 0.2) is 0 Å². The Labute approximate surface area is 409 Å². The first-order valence-electron chi connectivity index (χ1n) is 25.5. The summed E-state index contributed by atoms with van der Waals surface area (Å²) >= 11 is 0. The van der Waals surface area contributed by atoms with Gasteiger partial charge in [0.05, 0.1) is 39.5 Å². The van der Waals surface area contributed by atoms with Crippen LogP contribution in [0.1, 0.15) is 50.2 Å². The number of carbonyl (C=O) groups is 3. The number of nitrogens with one attached hydrogen (secondary N) is 3. The largest absolute Gasteiger partial charge is 0.491 e. The molecule has 68 heavy (non-hydrogen) atoms. The van der Waals surface area contributed by atoms with Gasteiger partial charge in [-0.3, -0.25) is 34.0 Å². The molecule has 0 unspecified atom stereocenters. The maximum Gasteiger partial charge on any atom is 0.233 e. The number of hydrogen-bond donors (Lipinski definition) is 3. The molecule has 4 fully saturated rings. The summed E-state index contributed by atoms with van der Waals surface area (Å²) in [5, 5.41) is 8.07. The van der Waals surface area contributed by atoms with E-state index in [-0.39, 0.29) is 17.7 Å². The third-order valence-corrected chi connectivity index (χ3v) is 13.4. The van der Waals surface area contributed by atoms with Crippen LogP contribution in [0.5, 0.6) is 11.5 Å². The molecular weight excluding hydrogens is 863 g/mol. The third-order valence-electron chi connectivity index (χ3n) is 13.4. The van der Waals surface area contributed by atoms with Crippen LogP contribution in [0.15, 0.2) is 48.5 Å². The van der Waals surface area contributed by atoms with Crippen LogP contribution in [0.2, 0.25) is 0 Å². The van der Waals surface area contributed by atoms with Crippen LogP contribution in [0.25, 0.3) is 0 Å². The highest BCUT2D eigenvalue weighted by Crippen LogP contribution is 2.20. The Bertz CT molecular complexity index is 1550. The van der Waals surface area contributed by atoms with Gasteiger partial charge in [0.2, 0.25) is 17.7 Å². The molecular formula is C52H89N9O7. The van der Waals surface area contributed by atoms with Crippen molar-refractivity contribution in [2.24, 2.45) is 11.8 Å². The van der Waals surface area contributed by atoms with Crippen molar-refractivity contribution in [2.45, 2.75) is 52.9 Å². The Hall–Kier alpha value is -3.87. The number of nitrogens with zero attached hydrogens (tertiary/aromatic N) is 6. The van der Waals surface area contributed by atoms with Crippen LogP contribution >= 0.6 is 0 Å². The van der Waals surface area contributed by atoms with E-state index < -0.39 is 0 Å². The van der Waals surface area contributed by atoms with E-state index in [0.717, 1.165) is 115 Å². The second-order valence-electron chi connectivity index (χ2n) is 18.8. The zero-order valence-electron chi connectivity index (χ0n) is 42.8. The van der Waals surface area contributed by atoms with Crippen molar-refractivity contribution in [2.75, 3.05) is 179 Å². The number of likely N-dealkylation sites (N-methyl/N-ethyl adjacent to an activating group) is 2. The van der Waals surface area contributed by atoms with Gasteiger partial charge in [-0.1, -0.05) is 42.3 Å². The van der Waals surface area contributed by atoms with E-state index in [1.807, 2.05) is 48.5 Å². The molecule has 16 nitrogen and oxygen atoms in total. The molecule has 0 aliphatic carbocycles. The Kier molecular flexibility index (Phi) is 28.0. The van der Waals surface area contributed by atoms with Gasteiger partial charge in [-0.05, 0) is 102 Å². The SMILES string of the molecule is CNC(=O)CC1CCN(CCOCCOc2ccc(C)cc2)CC1.CNC(=O)CN1CCN(CCN2CCC(C)CC2)CC1.CNC(=O)CN1CCN(CCOCCOc2ccc(C)cc2)CC1. The van der Waals surface area contributed by atoms with E-state index in [2.05, 4.69) is 66.1 Å². The van der Waals surface area contributed by atoms with Crippen molar-refractivity contribution in [3.05, 3.63) is 59.7 Å². The summed E-state index contributed by atoms with van der Waals surface area (Å²) in [6.07, 6.45) is 5.59. The summed E-state index contributed by atoms with van der Waals surface area (Å²) in [5.41, 5.74) is 2.46. The lowest BCUT2D eigenvalue weighted by Crippen LogP contribution is -2.50. The number of likely N-dealkylation sites (tertiary alicyclic amines) is 2. The van der Waals surface area contributed by atoms with E-state index in [1.165, 1.54) is 50.1 Å². The Morgan fingerprint density at radius 3 is 1.22 bits per heavy atom. The normalized spacial score (nSPS) is 18.4. The molecule has 2 aromatic carbocycles. The van der Waals surface area contributed by atoms with E-state index in [0.29, 0.717) is 58.5 Å². The van der Waals surface area contributed by atoms with Crippen LogP contribution < -0.4 is 25.4 Å². The molecule has 6 rings (SSSR count). The smallest absolute Gasteiger partial charge is 0.233 e. The summed E-state index contributed by atoms with van der Waals surface area (Å²) in [6, 6.07) is 16.1. The molecule has 4 heterocycles. The summed E-state index contributed by atoms with van der Waals surface area (Å²) in [5.74, 6) is 3.59. The number of aryl methyl sites for hydroxylation is 2. The van der Waals surface area contributed by atoms with Crippen molar-refractivity contribution in [3.63, 3.8) is 0 Å². The molecule has 0 bridgehead atoms. The maximum absolute atomic E-state index is 11.4. The third kappa shape index (κ3) is 24.6. The zero-order chi connectivity index (χ0) is 48.8. The number of benzene rings is 2. The average molecular weight is 952 g/mol. The van der Waals surface area contributed by atoms with Gasteiger partial charge in [0, 0.05) is 106 Å². The molecule has 2 aromatic rings. The lowest BCUT2D eigenvalue weighted by Gasteiger charge is -2.36. The number of hydrogen-bond acceptors (Lipinski definition) is 13. The molecule has 4 aliphatic heterocycles. The van der Waals surface area contributed by atoms with E-state index >= 15 is 0 Å². The fraction of sp³-hybridized carbons (Fsp3) is 0.712. The number of amides is 3. The molecule has 3 amide bonds. The van der Waals surface area contributed by atoms with Crippen LogP contribution in [0.3, 0.4) is 0 Å². The maximum atomic E-state index is 11.4. The first-order chi connectivity index (χ1) is 33.0. The zero-order valence-corrected chi connectivity index (χ0v) is 42.8. The second kappa shape index (κ2) is 33.6. The van der Waals surface area contributed by atoms with Crippen molar-refractivity contribution in [3.8, 4) is 11.5 Å². The van der Waals surface area contributed by atoms with Gasteiger partial charge in [0.25, 0.3) is 0 Å². The predicted octanol–water partition coefficient (Wildman–Crippen LogP) is 3.07. The molecule has 4 aliphatic rings. The molecule has 0 aromatic heterocycles. The Balaban J connectivity index is 0.000000223. The minimum Gasteiger partial charge on any atom is -0.491 e. The summed E-state index contributed by atoms with van der Waals surface area (Å²) < 4.78 is 22.6. The van der Waals surface area contributed by atoms with Crippen LogP contribution in [-0.4, -0.2) is 226 Å². The van der Waals surface area contributed by atoms with Gasteiger partial charge in [-0.2, -0.15) is 0 Å².